The van der Waals surface area contributed by atoms with Crippen molar-refractivity contribution in [1.82, 2.24) is 19.9 Å². The summed E-state index contributed by atoms with van der Waals surface area (Å²) >= 11 is 3.43. The molecule has 0 fully saturated rings. The van der Waals surface area contributed by atoms with Crippen LogP contribution in [0.4, 0.5) is 0 Å². The third kappa shape index (κ3) is 5.66. The third-order valence-electron chi connectivity index (χ3n) is 10.4. The van der Waals surface area contributed by atoms with Gasteiger partial charge in [0.2, 0.25) is 0 Å². The fourth-order valence-electron chi connectivity index (χ4n) is 7.59. The van der Waals surface area contributed by atoms with Gasteiger partial charge in [0.25, 0.3) is 0 Å². The van der Waals surface area contributed by atoms with E-state index < -0.39 is 0 Å². The Morgan fingerprint density at radius 3 is 1.00 bits per heavy atom. The van der Waals surface area contributed by atoms with Crippen molar-refractivity contribution in [2.24, 2.45) is 0 Å². The SMILES string of the molecule is c1ccc(-c2ccc(-c3nc(-c4ccc(-c5nc(-c6ccc(-c7ccccc7)cc6)c6c(n5)sc5ccccc56)cc4)c4c(n3)sc3ccccc34)cc2)cc1. The van der Waals surface area contributed by atoms with Crippen molar-refractivity contribution in [2.75, 3.05) is 0 Å². The predicted octanol–water partition coefficient (Wildman–Crippen LogP) is 14.0. The standard InChI is InChI=1S/C50H30N4S2/c1-3-11-31(12-4-1)33-19-23-35(24-20-33)45-43-39-15-7-9-17-41(39)55-49(43)54-48(51-45)38-29-25-36(26-30-38)46-44-40-16-8-10-18-42(40)56-50(44)53-47(52-46)37-27-21-34(22-28-37)32-13-5-2-6-14-32/h1-30H. The first-order chi connectivity index (χ1) is 27.7. The molecule has 0 spiro atoms. The number of hydrogen-bond acceptors (Lipinski definition) is 6. The van der Waals surface area contributed by atoms with E-state index in [1.165, 1.54) is 36.9 Å². The summed E-state index contributed by atoms with van der Waals surface area (Å²) in [5.41, 5.74) is 10.6. The minimum atomic E-state index is 0.700. The van der Waals surface area contributed by atoms with Crippen LogP contribution in [-0.4, -0.2) is 19.9 Å². The van der Waals surface area contributed by atoms with Crippen molar-refractivity contribution in [3.05, 3.63) is 182 Å². The summed E-state index contributed by atoms with van der Waals surface area (Å²) in [7, 11) is 0. The second-order valence-electron chi connectivity index (χ2n) is 13.8. The Kier molecular flexibility index (Phi) is 7.83. The monoisotopic (exact) mass is 750 g/mol. The second kappa shape index (κ2) is 13.5. The molecule has 11 aromatic rings. The average molecular weight is 751 g/mol. The number of benzene rings is 7. The summed E-state index contributed by atoms with van der Waals surface area (Å²) in [5.74, 6) is 1.41. The van der Waals surface area contributed by atoms with Crippen LogP contribution in [-0.2, 0) is 0 Å². The fourth-order valence-corrected chi connectivity index (χ4v) is 9.74. The van der Waals surface area contributed by atoms with Crippen LogP contribution in [0.25, 0.3) is 108 Å². The first-order valence-corrected chi connectivity index (χ1v) is 20.2. The molecule has 11 rings (SSSR count). The molecule has 4 aromatic heterocycles. The van der Waals surface area contributed by atoms with E-state index in [1.807, 2.05) is 12.1 Å². The largest absolute Gasteiger partial charge is 0.227 e. The Labute approximate surface area is 331 Å². The molecule has 7 aromatic carbocycles. The van der Waals surface area contributed by atoms with Gasteiger partial charge in [-0.05, 0) is 34.4 Å². The summed E-state index contributed by atoms with van der Waals surface area (Å²) in [6.45, 7) is 0. The fraction of sp³-hybridized carbons (Fsp3) is 0. The van der Waals surface area contributed by atoms with E-state index in [9.17, 15) is 0 Å². The van der Waals surface area contributed by atoms with Gasteiger partial charge in [-0.2, -0.15) is 0 Å². The van der Waals surface area contributed by atoms with Gasteiger partial charge in [-0.25, -0.2) is 19.9 Å². The van der Waals surface area contributed by atoms with Crippen LogP contribution in [0.5, 0.6) is 0 Å². The summed E-state index contributed by atoms with van der Waals surface area (Å²) in [6, 6.07) is 63.8. The molecular weight excluding hydrogens is 721 g/mol. The van der Waals surface area contributed by atoms with Gasteiger partial charge in [-0.3, -0.25) is 0 Å². The molecule has 56 heavy (non-hydrogen) atoms. The van der Waals surface area contributed by atoms with Crippen LogP contribution in [0, 0.1) is 0 Å². The first-order valence-electron chi connectivity index (χ1n) is 18.5. The quantitative estimate of drug-likeness (QED) is 0.170. The van der Waals surface area contributed by atoms with Crippen molar-refractivity contribution in [3.8, 4) is 67.5 Å². The van der Waals surface area contributed by atoms with Crippen LogP contribution in [0.1, 0.15) is 0 Å². The average Bonchev–Trinajstić information content (AvgIpc) is 3.85. The predicted molar refractivity (Wildman–Crippen MR) is 236 cm³/mol. The van der Waals surface area contributed by atoms with Crippen LogP contribution in [0.2, 0.25) is 0 Å². The van der Waals surface area contributed by atoms with Crippen LogP contribution in [0.3, 0.4) is 0 Å². The molecule has 0 saturated carbocycles. The van der Waals surface area contributed by atoms with Crippen molar-refractivity contribution in [1.29, 1.82) is 0 Å². The van der Waals surface area contributed by atoms with Gasteiger partial charge in [-0.15, -0.1) is 22.7 Å². The molecule has 6 heteroatoms. The lowest BCUT2D eigenvalue weighted by molar-refractivity contribution is 1.23. The molecule has 0 unspecified atom stereocenters. The molecule has 262 valence electrons. The lowest BCUT2D eigenvalue weighted by Crippen LogP contribution is -1.95. The van der Waals surface area contributed by atoms with Crippen LogP contribution >= 0.6 is 22.7 Å². The summed E-state index contributed by atoms with van der Waals surface area (Å²) in [5, 5.41) is 4.51. The van der Waals surface area contributed by atoms with Crippen molar-refractivity contribution >= 4 is 63.3 Å². The van der Waals surface area contributed by atoms with E-state index >= 15 is 0 Å². The van der Waals surface area contributed by atoms with Gasteiger partial charge < -0.3 is 0 Å². The van der Waals surface area contributed by atoms with Crippen molar-refractivity contribution < 1.29 is 0 Å². The molecule has 4 nitrogen and oxygen atoms in total. The Hall–Kier alpha value is -6.86. The molecule has 0 amide bonds. The lowest BCUT2D eigenvalue weighted by Gasteiger charge is -2.10. The highest BCUT2D eigenvalue weighted by Crippen LogP contribution is 2.42. The summed E-state index contributed by atoms with van der Waals surface area (Å²) in [6.07, 6.45) is 0. The molecule has 0 radical (unpaired) electrons. The normalized spacial score (nSPS) is 11.6. The number of nitrogens with zero attached hydrogens (tertiary/aromatic N) is 4. The number of hydrogen-bond donors (Lipinski definition) is 0. The summed E-state index contributed by atoms with van der Waals surface area (Å²) in [4.78, 5) is 22.9. The van der Waals surface area contributed by atoms with Gasteiger partial charge in [0.15, 0.2) is 11.6 Å². The molecule has 0 N–H and O–H groups in total. The molecule has 0 bridgehead atoms. The highest BCUT2D eigenvalue weighted by molar-refractivity contribution is 7.26. The zero-order chi connectivity index (χ0) is 37.0. The van der Waals surface area contributed by atoms with Gasteiger partial charge in [-0.1, -0.05) is 170 Å². The van der Waals surface area contributed by atoms with Gasteiger partial charge >= 0.3 is 0 Å². The minimum absolute atomic E-state index is 0.700. The highest BCUT2D eigenvalue weighted by Gasteiger charge is 2.19. The Balaban J connectivity index is 1.02. The van der Waals surface area contributed by atoms with Gasteiger partial charge in [0, 0.05) is 53.2 Å². The molecular formula is C50H30N4S2. The van der Waals surface area contributed by atoms with E-state index in [0.29, 0.717) is 11.6 Å². The zero-order valence-corrected chi connectivity index (χ0v) is 31.6. The van der Waals surface area contributed by atoms with E-state index in [0.717, 1.165) is 59.6 Å². The maximum absolute atomic E-state index is 5.31. The van der Waals surface area contributed by atoms with Crippen LogP contribution in [0.15, 0.2) is 182 Å². The Morgan fingerprint density at radius 1 is 0.268 bits per heavy atom. The maximum Gasteiger partial charge on any atom is 0.161 e. The molecule has 0 aliphatic rings. The topological polar surface area (TPSA) is 51.6 Å². The molecule has 0 aliphatic heterocycles. The Morgan fingerprint density at radius 2 is 0.589 bits per heavy atom. The maximum atomic E-state index is 5.31. The number of thiophene rings is 2. The van der Waals surface area contributed by atoms with Crippen molar-refractivity contribution in [3.63, 3.8) is 0 Å². The molecule has 0 saturated heterocycles. The smallest absolute Gasteiger partial charge is 0.161 e. The van der Waals surface area contributed by atoms with E-state index in [-0.39, 0.29) is 0 Å². The zero-order valence-electron chi connectivity index (χ0n) is 29.9. The summed E-state index contributed by atoms with van der Waals surface area (Å²) < 4.78 is 2.40. The van der Waals surface area contributed by atoms with E-state index in [2.05, 4.69) is 170 Å². The molecule has 0 aliphatic carbocycles. The van der Waals surface area contributed by atoms with E-state index in [4.69, 9.17) is 19.9 Å². The molecule has 4 heterocycles. The lowest BCUT2D eigenvalue weighted by atomic mass is 10.0. The Bertz CT molecular complexity index is 3210. The highest BCUT2D eigenvalue weighted by atomic mass is 32.1. The van der Waals surface area contributed by atoms with Gasteiger partial charge in [0.05, 0.1) is 11.4 Å². The second-order valence-corrected chi connectivity index (χ2v) is 15.9. The van der Waals surface area contributed by atoms with Crippen LogP contribution < -0.4 is 0 Å². The number of aromatic nitrogens is 4. The minimum Gasteiger partial charge on any atom is -0.227 e. The number of fused-ring (bicyclic) bond motifs is 6. The number of rotatable bonds is 6. The van der Waals surface area contributed by atoms with Crippen molar-refractivity contribution in [2.45, 2.75) is 0 Å². The first kappa shape index (κ1) is 32.6. The van der Waals surface area contributed by atoms with Gasteiger partial charge in [0.1, 0.15) is 9.66 Å². The third-order valence-corrected chi connectivity index (χ3v) is 12.5. The molecule has 0 atom stereocenters. The van der Waals surface area contributed by atoms with E-state index in [1.54, 1.807) is 22.7 Å².